The lowest BCUT2D eigenvalue weighted by molar-refractivity contribution is 0.367. The SMILES string of the molecule is Cc1nn(-c2ccccc2)c(C)c1[C@H]1C(C#N)=C(N)Oc2c1c(-c1ccco1)nn2-c1ccccc1. The Balaban J connectivity index is 1.65. The lowest BCUT2D eigenvalue weighted by Crippen LogP contribution is -2.22. The maximum Gasteiger partial charge on any atom is 0.229 e. The van der Waals surface area contributed by atoms with Crippen LogP contribution in [0.5, 0.6) is 5.88 Å². The summed E-state index contributed by atoms with van der Waals surface area (Å²) in [5.41, 5.74) is 12.2. The third kappa shape index (κ3) is 3.21. The zero-order valence-corrected chi connectivity index (χ0v) is 19.7. The first-order valence-electron chi connectivity index (χ1n) is 11.5. The number of ether oxygens (including phenoxy) is 1. The molecule has 2 N–H and O–H groups in total. The maximum absolute atomic E-state index is 10.2. The predicted octanol–water partition coefficient (Wildman–Crippen LogP) is 5.15. The zero-order chi connectivity index (χ0) is 24.8. The molecule has 5 aromatic rings. The number of fused-ring (bicyclic) bond motifs is 1. The van der Waals surface area contributed by atoms with E-state index in [9.17, 15) is 5.26 Å². The minimum atomic E-state index is -0.547. The van der Waals surface area contributed by atoms with E-state index in [0.717, 1.165) is 28.3 Å². The molecular formula is C28H22N6O2. The molecule has 0 fully saturated rings. The predicted molar refractivity (Wildman–Crippen MR) is 134 cm³/mol. The van der Waals surface area contributed by atoms with Crippen LogP contribution in [0.4, 0.5) is 0 Å². The smallest absolute Gasteiger partial charge is 0.229 e. The second-order valence-corrected chi connectivity index (χ2v) is 8.55. The first-order valence-corrected chi connectivity index (χ1v) is 11.5. The summed E-state index contributed by atoms with van der Waals surface area (Å²) in [5, 5.41) is 19.9. The van der Waals surface area contributed by atoms with Crippen molar-refractivity contribution in [2.45, 2.75) is 19.8 Å². The molecule has 2 aromatic carbocycles. The van der Waals surface area contributed by atoms with Crippen molar-refractivity contribution in [1.82, 2.24) is 19.6 Å². The molecule has 1 aliphatic heterocycles. The minimum absolute atomic E-state index is 0.0457. The van der Waals surface area contributed by atoms with E-state index < -0.39 is 5.92 Å². The summed E-state index contributed by atoms with van der Waals surface area (Å²) < 4.78 is 15.4. The number of nitrogens with zero attached hydrogens (tertiary/aromatic N) is 5. The van der Waals surface area contributed by atoms with Crippen molar-refractivity contribution in [2.24, 2.45) is 5.73 Å². The fraction of sp³-hybridized carbons (Fsp3) is 0.107. The van der Waals surface area contributed by atoms with Crippen LogP contribution in [0.2, 0.25) is 0 Å². The Morgan fingerprint density at radius 2 is 1.53 bits per heavy atom. The fourth-order valence-corrected chi connectivity index (χ4v) is 4.86. The highest BCUT2D eigenvalue weighted by molar-refractivity contribution is 5.70. The number of furan rings is 1. The van der Waals surface area contributed by atoms with Crippen molar-refractivity contribution in [3.63, 3.8) is 0 Å². The van der Waals surface area contributed by atoms with E-state index in [1.807, 2.05) is 85.3 Å². The summed E-state index contributed by atoms with van der Waals surface area (Å²) >= 11 is 0. The lowest BCUT2D eigenvalue weighted by atomic mass is 9.82. The molecule has 0 saturated carbocycles. The molecule has 0 amide bonds. The molecule has 176 valence electrons. The Morgan fingerprint density at radius 1 is 0.861 bits per heavy atom. The molecular weight excluding hydrogens is 452 g/mol. The highest BCUT2D eigenvalue weighted by Gasteiger charge is 2.40. The summed E-state index contributed by atoms with van der Waals surface area (Å²) in [5.74, 6) is 0.511. The molecule has 0 saturated heterocycles. The molecule has 3 aromatic heterocycles. The highest BCUT2D eigenvalue weighted by atomic mass is 16.5. The number of nitriles is 1. The average molecular weight is 475 g/mol. The van der Waals surface area contributed by atoms with Gasteiger partial charge in [0.1, 0.15) is 17.3 Å². The van der Waals surface area contributed by atoms with Crippen LogP contribution in [0.3, 0.4) is 0 Å². The molecule has 0 unspecified atom stereocenters. The monoisotopic (exact) mass is 474 g/mol. The van der Waals surface area contributed by atoms with Gasteiger partial charge in [0.05, 0.1) is 34.8 Å². The van der Waals surface area contributed by atoms with Crippen molar-refractivity contribution in [1.29, 1.82) is 5.26 Å². The van der Waals surface area contributed by atoms with Crippen LogP contribution in [-0.4, -0.2) is 19.6 Å². The van der Waals surface area contributed by atoms with Gasteiger partial charge in [-0.3, -0.25) is 0 Å². The maximum atomic E-state index is 10.2. The van der Waals surface area contributed by atoms with Crippen LogP contribution in [0.25, 0.3) is 22.8 Å². The summed E-state index contributed by atoms with van der Waals surface area (Å²) in [4.78, 5) is 0. The molecule has 0 bridgehead atoms. The number of benzene rings is 2. The van der Waals surface area contributed by atoms with Gasteiger partial charge in [0.2, 0.25) is 11.8 Å². The first kappa shape index (κ1) is 21.5. The average Bonchev–Trinajstić information content (AvgIpc) is 3.62. The van der Waals surface area contributed by atoms with Gasteiger partial charge in [-0.05, 0) is 50.2 Å². The van der Waals surface area contributed by atoms with E-state index in [-0.39, 0.29) is 5.88 Å². The van der Waals surface area contributed by atoms with Gasteiger partial charge in [0.15, 0.2) is 5.76 Å². The van der Waals surface area contributed by atoms with Gasteiger partial charge in [-0.15, -0.1) is 0 Å². The van der Waals surface area contributed by atoms with Crippen molar-refractivity contribution in [3.8, 4) is 34.8 Å². The molecule has 0 aliphatic carbocycles. The van der Waals surface area contributed by atoms with Crippen LogP contribution in [0.1, 0.15) is 28.4 Å². The highest BCUT2D eigenvalue weighted by Crippen LogP contribution is 2.49. The molecule has 0 spiro atoms. The molecule has 1 aliphatic rings. The van der Waals surface area contributed by atoms with Gasteiger partial charge in [-0.25, -0.2) is 4.68 Å². The summed E-state index contributed by atoms with van der Waals surface area (Å²) in [7, 11) is 0. The Bertz CT molecular complexity index is 1640. The van der Waals surface area contributed by atoms with Crippen LogP contribution >= 0.6 is 0 Å². The van der Waals surface area contributed by atoms with Crippen LogP contribution in [0.15, 0.2) is 94.9 Å². The van der Waals surface area contributed by atoms with Gasteiger partial charge < -0.3 is 14.9 Å². The van der Waals surface area contributed by atoms with E-state index in [4.69, 9.17) is 25.1 Å². The number of para-hydroxylation sites is 2. The van der Waals surface area contributed by atoms with Gasteiger partial charge in [0.25, 0.3) is 0 Å². The number of allylic oxidation sites excluding steroid dienone is 1. The molecule has 8 nitrogen and oxygen atoms in total. The molecule has 36 heavy (non-hydrogen) atoms. The Morgan fingerprint density at radius 3 is 2.14 bits per heavy atom. The second-order valence-electron chi connectivity index (χ2n) is 8.55. The quantitative estimate of drug-likeness (QED) is 0.386. The van der Waals surface area contributed by atoms with Crippen LogP contribution < -0.4 is 10.5 Å². The number of aryl methyl sites for hydroxylation is 1. The van der Waals surface area contributed by atoms with Crippen molar-refractivity contribution in [2.75, 3.05) is 0 Å². The summed E-state index contributed by atoms with van der Waals surface area (Å²) in [6.07, 6.45) is 1.60. The number of hydrogen-bond donors (Lipinski definition) is 1. The molecule has 8 heteroatoms. The normalized spacial score (nSPS) is 14.9. The van der Waals surface area contributed by atoms with Gasteiger partial charge in [0, 0.05) is 11.3 Å². The standard InChI is InChI=1S/C28H22N6O2/c1-17-23(18(2)33(31-17)19-10-5-3-6-11-19)24-21(16-29)27(30)36-28-25(24)26(22-14-9-15-35-22)32-34(28)20-12-7-4-8-13-20/h3-15,24H,30H2,1-2H3/t24-/m1/s1. The largest absolute Gasteiger partial charge is 0.463 e. The third-order valence-corrected chi connectivity index (χ3v) is 6.44. The number of rotatable bonds is 4. The summed E-state index contributed by atoms with van der Waals surface area (Å²) in [6.45, 7) is 3.94. The Labute approximate surface area is 207 Å². The second kappa shape index (κ2) is 8.32. The van der Waals surface area contributed by atoms with E-state index in [1.54, 1.807) is 17.0 Å². The van der Waals surface area contributed by atoms with Crippen molar-refractivity contribution in [3.05, 3.63) is 113 Å². The first-order chi connectivity index (χ1) is 17.6. The van der Waals surface area contributed by atoms with Gasteiger partial charge >= 0.3 is 0 Å². The van der Waals surface area contributed by atoms with E-state index in [2.05, 4.69) is 6.07 Å². The molecule has 4 heterocycles. The summed E-state index contributed by atoms with van der Waals surface area (Å²) in [6, 6.07) is 25.5. The number of nitrogens with two attached hydrogens (primary N) is 1. The Hall–Kier alpha value is -5.03. The van der Waals surface area contributed by atoms with E-state index in [1.165, 1.54) is 0 Å². The number of aromatic nitrogens is 4. The Kier molecular flexibility index (Phi) is 4.97. The zero-order valence-electron chi connectivity index (χ0n) is 19.7. The van der Waals surface area contributed by atoms with Crippen molar-refractivity contribution >= 4 is 0 Å². The lowest BCUT2D eigenvalue weighted by Gasteiger charge is -2.25. The molecule has 6 rings (SSSR count). The van der Waals surface area contributed by atoms with E-state index in [0.29, 0.717) is 28.5 Å². The van der Waals surface area contributed by atoms with Crippen LogP contribution in [-0.2, 0) is 0 Å². The number of hydrogen-bond acceptors (Lipinski definition) is 6. The molecule has 0 radical (unpaired) electrons. The van der Waals surface area contributed by atoms with E-state index >= 15 is 0 Å². The van der Waals surface area contributed by atoms with Crippen LogP contribution in [0, 0.1) is 25.2 Å². The third-order valence-electron chi connectivity index (χ3n) is 6.44. The molecule has 1 atom stereocenters. The van der Waals surface area contributed by atoms with Crippen molar-refractivity contribution < 1.29 is 9.15 Å². The van der Waals surface area contributed by atoms with Gasteiger partial charge in [-0.2, -0.15) is 20.1 Å². The van der Waals surface area contributed by atoms with Gasteiger partial charge in [-0.1, -0.05) is 36.4 Å². The fourth-order valence-electron chi connectivity index (χ4n) is 4.86. The topological polar surface area (TPSA) is 108 Å². The minimum Gasteiger partial charge on any atom is -0.463 e.